The van der Waals surface area contributed by atoms with Gasteiger partial charge < -0.3 is 19.2 Å². The third kappa shape index (κ3) is 3.94. The second-order valence-corrected chi connectivity index (χ2v) is 6.95. The minimum Gasteiger partial charge on any atom is -0.459 e. The van der Waals surface area contributed by atoms with Gasteiger partial charge in [-0.1, -0.05) is 18.2 Å². The molecule has 2 aromatic heterocycles. The molecule has 144 valence electrons. The van der Waals surface area contributed by atoms with E-state index in [1.807, 2.05) is 0 Å². The molecule has 0 unspecified atom stereocenters. The molecule has 0 atom stereocenters. The molecule has 1 saturated heterocycles. The first-order valence-electron chi connectivity index (χ1n) is 8.66. The molecule has 1 aliphatic heterocycles. The standard InChI is InChI=1S/C19H18N4O5/c1-19(11-26-12-19)10-23-9-15(21-22-23)18(25)28-14-5-2-4-13(8-14)20-17(24)16-6-3-7-27-16/h2-9H,10-12H2,1H3,(H,20,24). The lowest BCUT2D eigenvalue weighted by Crippen LogP contribution is -2.43. The molecule has 0 radical (unpaired) electrons. The van der Waals surface area contributed by atoms with Crippen LogP contribution in [-0.4, -0.2) is 40.1 Å². The molecule has 1 fully saturated rings. The van der Waals surface area contributed by atoms with Crippen LogP contribution in [0.1, 0.15) is 28.0 Å². The summed E-state index contributed by atoms with van der Waals surface area (Å²) < 4.78 is 17.2. The van der Waals surface area contributed by atoms with Crippen LogP contribution in [0.15, 0.2) is 53.3 Å². The first-order valence-corrected chi connectivity index (χ1v) is 8.66. The maximum absolute atomic E-state index is 12.3. The first-order chi connectivity index (χ1) is 13.5. The average molecular weight is 382 g/mol. The van der Waals surface area contributed by atoms with E-state index in [1.165, 1.54) is 12.3 Å². The summed E-state index contributed by atoms with van der Waals surface area (Å²) in [5, 5.41) is 10.5. The second kappa shape index (κ2) is 7.28. The van der Waals surface area contributed by atoms with Crippen LogP contribution < -0.4 is 10.1 Å². The lowest BCUT2D eigenvalue weighted by atomic mass is 9.89. The van der Waals surface area contributed by atoms with Gasteiger partial charge in [-0.2, -0.15) is 0 Å². The highest BCUT2D eigenvalue weighted by molar-refractivity contribution is 6.02. The summed E-state index contributed by atoms with van der Waals surface area (Å²) in [5.74, 6) is -0.568. The number of aromatic nitrogens is 3. The van der Waals surface area contributed by atoms with Gasteiger partial charge in [0, 0.05) is 17.2 Å². The number of anilines is 1. The Balaban J connectivity index is 1.39. The summed E-state index contributed by atoms with van der Waals surface area (Å²) in [6.07, 6.45) is 2.97. The van der Waals surface area contributed by atoms with Crippen LogP contribution in [0.3, 0.4) is 0 Å². The number of ether oxygens (including phenoxy) is 2. The quantitative estimate of drug-likeness (QED) is 0.515. The highest BCUT2D eigenvalue weighted by Crippen LogP contribution is 2.28. The number of nitrogens with one attached hydrogen (secondary N) is 1. The fourth-order valence-electron chi connectivity index (χ4n) is 2.80. The molecule has 0 spiro atoms. The van der Waals surface area contributed by atoms with E-state index in [0.717, 1.165) is 0 Å². The largest absolute Gasteiger partial charge is 0.459 e. The molecule has 1 N–H and O–H groups in total. The van der Waals surface area contributed by atoms with Crippen LogP contribution in [0.2, 0.25) is 0 Å². The van der Waals surface area contributed by atoms with E-state index in [1.54, 1.807) is 41.2 Å². The summed E-state index contributed by atoms with van der Waals surface area (Å²) >= 11 is 0. The Kier molecular flexibility index (Phi) is 4.66. The third-order valence-electron chi connectivity index (χ3n) is 4.24. The molecule has 1 aromatic carbocycles. The van der Waals surface area contributed by atoms with Gasteiger partial charge in [-0.25, -0.2) is 4.79 Å². The molecular formula is C19H18N4O5. The zero-order valence-electron chi connectivity index (χ0n) is 15.1. The lowest BCUT2D eigenvalue weighted by Gasteiger charge is -2.37. The van der Waals surface area contributed by atoms with Gasteiger partial charge in [-0.05, 0) is 24.3 Å². The number of benzene rings is 1. The van der Waals surface area contributed by atoms with Crippen molar-refractivity contribution in [3.8, 4) is 5.75 Å². The number of hydrogen-bond donors (Lipinski definition) is 1. The van der Waals surface area contributed by atoms with Crippen LogP contribution in [-0.2, 0) is 11.3 Å². The number of furan rings is 1. The highest BCUT2D eigenvalue weighted by Gasteiger charge is 2.34. The Bertz CT molecular complexity index is 991. The molecule has 28 heavy (non-hydrogen) atoms. The molecule has 3 heterocycles. The van der Waals surface area contributed by atoms with E-state index in [0.29, 0.717) is 25.4 Å². The summed E-state index contributed by atoms with van der Waals surface area (Å²) in [7, 11) is 0. The molecule has 1 aliphatic rings. The van der Waals surface area contributed by atoms with Crippen molar-refractivity contribution >= 4 is 17.6 Å². The van der Waals surface area contributed by atoms with E-state index in [2.05, 4.69) is 22.6 Å². The first kappa shape index (κ1) is 17.9. The van der Waals surface area contributed by atoms with Crippen molar-refractivity contribution in [1.29, 1.82) is 0 Å². The predicted molar refractivity (Wildman–Crippen MR) is 97.0 cm³/mol. The highest BCUT2D eigenvalue weighted by atomic mass is 16.5. The van der Waals surface area contributed by atoms with Crippen molar-refractivity contribution < 1.29 is 23.5 Å². The van der Waals surface area contributed by atoms with Gasteiger partial charge in [0.2, 0.25) is 0 Å². The molecule has 9 heteroatoms. The summed E-state index contributed by atoms with van der Waals surface area (Å²) in [5.41, 5.74) is 0.581. The number of amides is 1. The Morgan fingerprint density at radius 3 is 2.86 bits per heavy atom. The molecule has 0 saturated carbocycles. The maximum atomic E-state index is 12.3. The minimum absolute atomic E-state index is 0.00933. The average Bonchev–Trinajstić information content (AvgIpc) is 3.33. The fourth-order valence-corrected chi connectivity index (χ4v) is 2.80. The Labute approximate surface area is 160 Å². The summed E-state index contributed by atoms with van der Waals surface area (Å²) in [4.78, 5) is 24.4. The van der Waals surface area contributed by atoms with Gasteiger partial charge in [0.05, 0.1) is 32.2 Å². The Hall–Kier alpha value is -3.46. The van der Waals surface area contributed by atoms with E-state index < -0.39 is 11.9 Å². The van der Waals surface area contributed by atoms with Crippen molar-refractivity contribution in [1.82, 2.24) is 15.0 Å². The summed E-state index contributed by atoms with van der Waals surface area (Å²) in [6, 6.07) is 9.66. The van der Waals surface area contributed by atoms with E-state index in [4.69, 9.17) is 13.9 Å². The fraction of sp³-hybridized carbons (Fsp3) is 0.263. The number of carbonyl (C=O) groups is 2. The van der Waals surface area contributed by atoms with E-state index in [9.17, 15) is 9.59 Å². The van der Waals surface area contributed by atoms with Gasteiger partial charge in [-0.3, -0.25) is 9.48 Å². The Morgan fingerprint density at radius 2 is 2.14 bits per heavy atom. The predicted octanol–water partition coefficient (Wildman–Crippen LogP) is 2.38. The molecule has 9 nitrogen and oxygen atoms in total. The molecule has 1 amide bonds. The molecule has 4 rings (SSSR count). The molecule has 0 aliphatic carbocycles. The van der Waals surface area contributed by atoms with Gasteiger partial charge in [0.25, 0.3) is 5.91 Å². The number of nitrogens with zero attached hydrogens (tertiary/aromatic N) is 3. The number of hydrogen-bond acceptors (Lipinski definition) is 7. The van der Waals surface area contributed by atoms with Crippen molar-refractivity contribution in [3.63, 3.8) is 0 Å². The van der Waals surface area contributed by atoms with Gasteiger partial charge in [0.15, 0.2) is 11.5 Å². The van der Waals surface area contributed by atoms with Crippen LogP contribution in [0.25, 0.3) is 0 Å². The normalized spacial score (nSPS) is 14.9. The zero-order valence-corrected chi connectivity index (χ0v) is 15.1. The maximum Gasteiger partial charge on any atom is 0.365 e. The smallest absolute Gasteiger partial charge is 0.365 e. The van der Waals surface area contributed by atoms with E-state index in [-0.39, 0.29) is 22.6 Å². The number of carbonyl (C=O) groups excluding carboxylic acids is 2. The van der Waals surface area contributed by atoms with Gasteiger partial charge >= 0.3 is 5.97 Å². The SMILES string of the molecule is CC1(Cn2cc(C(=O)Oc3cccc(NC(=O)c4ccco4)c3)nn2)COC1. The molecule has 0 bridgehead atoms. The van der Waals surface area contributed by atoms with E-state index >= 15 is 0 Å². The monoisotopic (exact) mass is 382 g/mol. The van der Waals surface area contributed by atoms with Crippen molar-refractivity contribution in [3.05, 3.63) is 60.3 Å². The Morgan fingerprint density at radius 1 is 1.29 bits per heavy atom. The lowest BCUT2D eigenvalue weighted by molar-refractivity contribution is -0.111. The van der Waals surface area contributed by atoms with Crippen molar-refractivity contribution in [2.75, 3.05) is 18.5 Å². The topological polar surface area (TPSA) is 108 Å². The molecule has 3 aromatic rings. The molecular weight excluding hydrogens is 364 g/mol. The van der Waals surface area contributed by atoms with Crippen LogP contribution >= 0.6 is 0 Å². The number of esters is 1. The number of rotatable bonds is 6. The third-order valence-corrected chi connectivity index (χ3v) is 4.24. The van der Waals surface area contributed by atoms with Crippen molar-refractivity contribution in [2.45, 2.75) is 13.5 Å². The van der Waals surface area contributed by atoms with Gasteiger partial charge in [-0.15, -0.1) is 5.10 Å². The summed E-state index contributed by atoms with van der Waals surface area (Å²) in [6.45, 7) is 4.01. The van der Waals surface area contributed by atoms with Crippen molar-refractivity contribution in [2.24, 2.45) is 5.41 Å². The van der Waals surface area contributed by atoms with Crippen LogP contribution in [0, 0.1) is 5.41 Å². The van der Waals surface area contributed by atoms with Crippen LogP contribution in [0.4, 0.5) is 5.69 Å². The van der Waals surface area contributed by atoms with Crippen LogP contribution in [0.5, 0.6) is 5.75 Å². The minimum atomic E-state index is -0.629. The second-order valence-electron chi connectivity index (χ2n) is 6.95. The van der Waals surface area contributed by atoms with Gasteiger partial charge in [0.1, 0.15) is 5.75 Å². The zero-order chi connectivity index (χ0) is 19.6.